The number of carboxylic acids is 1. The summed E-state index contributed by atoms with van der Waals surface area (Å²) >= 11 is 0. The Balaban J connectivity index is 1.75. The number of methoxy groups -OCH3 is 1. The van der Waals surface area contributed by atoms with Crippen LogP contribution in [0.2, 0.25) is 0 Å². The molecule has 0 bridgehead atoms. The van der Waals surface area contributed by atoms with Gasteiger partial charge in [0.15, 0.2) is 11.6 Å². The van der Waals surface area contributed by atoms with Gasteiger partial charge in [-0.05, 0) is 18.9 Å². The molecule has 154 valence electrons. The molecule has 2 aromatic rings. The van der Waals surface area contributed by atoms with E-state index in [9.17, 15) is 14.7 Å². The van der Waals surface area contributed by atoms with E-state index >= 15 is 4.39 Å². The number of rotatable bonds is 4. The van der Waals surface area contributed by atoms with Crippen molar-refractivity contribution in [3.63, 3.8) is 0 Å². The molecule has 29 heavy (non-hydrogen) atoms. The first-order chi connectivity index (χ1) is 13.9. The molecular weight excluding hydrogens is 381 g/mol. The monoisotopic (exact) mass is 403 g/mol. The third-order valence-electron chi connectivity index (χ3n) is 6.38. The van der Waals surface area contributed by atoms with Gasteiger partial charge in [0.05, 0.1) is 36.6 Å². The summed E-state index contributed by atoms with van der Waals surface area (Å²) in [5.74, 6) is -1.71. The van der Waals surface area contributed by atoms with Crippen LogP contribution >= 0.6 is 0 Å². The molecule has 0 amide bonds. The molecule has 9 heteroatoms. The number of nitrogens with zero attached hydrogens (tertiary/aromatic N) is 2. The van der Waals surface area contributed by atoms with E-state index in [4.69, 9.17) is 15.2 Å². The van der Waals surface area contributed by atoms with E-state index in [-0.39, 0.29) is 39.9 Å². The number of fused-ring (bicyclic) bond motifs is 1. The summed E-state index contributed by atoms with van der Waals surface area (Å²) in [6, 6.07) is 1.04. The number of pyridine rings is 1. The van der Waals surface area contributed by atoms with Crippen molar-refractivity contribution in [3.8, 4) is 5.75 Å². The van der Waals surface area contributed by atoms with E-state index in [1.54, 1.807) is 4.57 Å². The summed E-state index contributed by atoms with van der Waals surface area (Å²) < 4.78 is 28.0. The lowest BCUT2D eigenvalue weighted by Gasteiger charge is -2.40. The molecule has 8 nitrogen and oxygen atoms in total. The Kier molecular flexibility index (Phi) is 3.91. The maximum Gasteiger partial charge on any atom is 0.341 e. The van der Waals surface area contributed by atoms with Crippen LogP contribution in [0.4, 0.5) is 10.1 Å². The molecule has 3 fully saturated rings. The number of anilines is 1. The summed E-state index contributed by atoms with van der Waals surface area (Å²) in [6.07, 6.45) is 3.08. The van der Waals surface area contributed by atoms with Gasteiger partial charge in [0.25, 0.3) is 0 Å². The van der Waals surface area contributed by atoms with Crippen LogP contribution in [0, 0.1) is 11.2 Å². The molecule has 1 aromatic carbocycles. The normalized spacial score (nSPS) is 22.9. The zero-order chi connectivity index (χ0) is 20.5. The molecule has 5 rings (SSSR count). The molecule has 3 heterocycles. The van der Waals surface area contributed by atoms with Gasteiger partial charge in [0.1, 0.15) is 11.3 Å². The van der Waals surface area contributed by atoms with E-state index in [1.165, 1.54) is 13.3 Å². The third kappa shape index (κ3) is 2.57. The SMILES string of the molecule is COc1c(N2CC(N)C3(COC3)C2)c(F)cc2c(=O)c(C(=O)O)cn(C3CC3)c12. The molecule has 1 atom stereocenters. The molecule has 1 aliphatic carbocycles. The number of hydrogen-bond donors (Lipinski definition) is 2. The van der Waals surface area contributed by atoms with Crippen LogP contribution in [0.1, 0.15) is 29.2 Å². The van der Waals surface area contributed by atoms with Gasteiger partial charge in [0, 0.05) is 31.4 Å². The smallest absolute Gasteiger partial charge is 0.341 e. The predicted octanol–water partition coefficient (Wildman–Crippen LogP) is 1.35. The Morgan fingerprint density at radius 1 is 1.41 bits per heavy atom. The molecular formula is C20H22FN3O5. The zero-order valence-corrected chi connectivity index (χ0v) is 16.0. The maximum atomic E-state index is 15.3. The van der Waals surface area contributed by atoms with Crippen molar-refractivity contribution in [2.75, 3.05) is 38.3 Å². The molecule has 3 aliphatic rings. The largest absolute Gasteiger partial charge is 0.492 e. The minimum atomic E-state index is -1.33. The minimum absolute atomic E-state index is 0.0140. The van der Waals surface area contributed by atoms with Crippen molar-refractivity contribution in [2.45, 2.75) is 24.9 Å². The number of aromatic carboxylic acids is 1. The fraction of sp³-hybridized carbons (Fsp3) is 0.500. The Bertz CT molecular complexity index is 1090. The number of nitrogens with two attached hydrogens (primary N) is 1. The van der Waals surface area contributed by atoms with Crippen molar-refractivity contribution in [2.24, 2.45) is 11.1 Å². The Morgan fingerprint density at radius 3 is 2.66 bits per heavy atom. The van der Waals surface area contributed by atoms with E-state index in [1.807, 2.05) is 4.90 Å². The van der Waals surface area contributed by atoms with Crippen LogP contribution in [-0.4, -0.2) is 55.1 Å². The van der Waals surface area contributed by atoms with Crippen molar-refractivity contribution < 1.29 is 23.8 Å². The molecule has 2 aliphatic heterocycles. The quantitative estimate of drug-likeness (QED) is 0.793. The second kappa shape index (κ2) is 6.17. The summed E-state index contributed by atoms with van der Waals surface area (Å²) in [4.78, 5) is 26.2. The van der Waals surface area contributed by atoms with Crippen LogP contribution in [0.25, 0.3) is 10.9 Å². The topological polar surface area (TPSA) is 107 Å². The minimum Gasteiger partial charge on any atom is -0.492 e. The summed E-state index contributed by atoms with van der Waals surface area (Å²) in [5.41, 5.74) is 5.73. The highest BCUT2D eigenvalue weighted by Crippen LogP contribution is 2.46. The van der Waals surface area contributed by atoms with E-state index in [0.29, 0.717) is 31.8 Å². The lowest BCUT2D eigenvalue weighted by atomic mass is 9.82. The van der Waals surface area contributed by atoms with Gasteiger partial charge in [-0.2, -0.15) is 0 Å². The molecule has 2 saturated heterocycles. The molecule has 1 spiro atoms. The van der Waals surface area contributed by atoms with Gasteiger partial charge in [-0.1, -0.05) is 0 Å². The number of hydrogen-bond acceptors (Lipinski definition) is 6. The number of aromatic nitrogens is 1. The third-order valence-corrected chi connectivity index (χ3v) is 6.38. The highest BCUT2D eigenvalue weighted by Gasteiger charge is 2.51. The summed E-state index contributed by atoms with van der Waals surface area (Å²) in [7, 11) is 1.43. The van der Waals surface area contributed by atoms with Gasteiger partial charge in [0.2, 0.25) is 5.43 Å². The first-order valence-corrected chi connectivity index (χ1v) is 9.63. The lowest BCUT2D eigenvalue weighted by Crippen LogP contribution is -2.54. The summed E-state index contributed by atoms with van der Waals surface area (Å²) in [5, 5.41) is 9.44. The van der Waals surface area contributed by atoms with Gasteiger partial charge in [-0.15, -0.1) is 0 Å². The average Bonchev–Trinajstić information content (AvgIpc) is 3.42. The Labute approximate surface area is 165 Å². The molecule has 1 aromatic heterocycles. The Hall–Kier alpha value is -2.65. The van der Waals surface area contributed by atoms with Gasteiger partial charge < -0.3 is 29.8 Å². The van der Waals surface area contributed by atoms with Crippen LogP contribution in [-0.2, 0) is 4.74 Å². The van der Waals surface area contributed by atoms with Crippen LogP contribution in [0.15, 0.2) is 17.1 Å². The van der Waals surface area contributed by atoms with Gasteiger partial charge in [-0.3, -0.25) is 4.79 Å². The van der Waals surface area contributed by atoms with Crippen LogP contribution in [0.5, 0.6) is 5.75 Å². The lowest BCUT2D eigenvalue weighted by molar-refractivity contribution is -0.106. The highest BCUT2D eigenvalue weighted by molar-refractivity contribution is 5.97. The molecule has 0 radical (unpaired) electrons. The number of ether oxygens (including phenoxy) is 2. The zero-order valence-electron chi connectivity index (χ0n) is 16.0. The van der Waals surface area contributed by atoms with Gasteiger partial charge in [-0.25, -0.2) is 9.18 Å². The second-order valence-corrected chi connectivity index (χ2v) is 8.29. The molecule has 1 unspecified atom stereocenters. The average molecular weight is 403 g/mol. The van der Waals surface area contributed by atoms with Crippen molar-refractivity contribution >= 4 is 22.6 Å². The van der Waals surface area contributed by atoms with Crippen molar-refractivity contribution in [3.05, 3.63) is 33.9 Å². The number of carboxylic acid groups (broad SMARTS) is 1. The number of carbonyl (C=O) groups is 1. The van der Waals surface area contributed by atoms with Crippen LogP contribution in [0.3, 0.4) is 0 Å². The first kappa shape index (κ1) is 18.4. The maximum absolute atomic E-state index is 15.3. The fourth-order valence-corrected chi connectivity index (χ4v) is 4.56. The fourth-order valence-electron chi connectivity index (χ4n) is 4.56. The van der Waals surface area contributed by atoms with E-state index in [0.717, 1.165) is 18.9 Å². The van der Waals surface area contributed by atoms with E-state index in [2.05, 4.69) is 0 Å². The molecule has 3 N–H and O–H groups in total. The van der Waals surface area contributed by atoms with Crippen LogP contribution < -0.4 is 20.8 Å². The second-order valence-electron chi connectivity index (χ2n) is 8.29. The van der Waals surface area contributed by atoms with Crippen molar-refractivity contribution in [1.82, 2.24) is 4.57 Å². The Morgan fingerprint density at radius 2 is 2.14 bits per heavy atom. The highest BCUT2D eigenvalue weighted by atomic mass is 19.1. The first-order valence-electron chi connectivity index (χ1n) is 9.63. The number of benzene rings is 1. The summed E-state index contributed by atoms with van der Waals surface area (Å²) in [6.45, 7) is 2.06. The standard InChI is InChI=1S/C20H22FN3O5/c1-28-18-15-11(17(25)12(19(26)27)5-24(15)10-2-3-10)4-13(21)16(18)23-6-14(22)20(7-23)8-29-9-20/h4-5,10,14H,2-3,6-9,22H2,1H3,(H,26,27). The van der Waals surface area contributed by atoms with Crippen molar-refractivity contribution in [1.29, 1.82) is 0 Å². The molecule has 1 saturated carbocycles. The van der Waals surface area contributed by atoms with Gasteiger partial charge >= 0.3 is 5.97 Å². The predicted molar refractivity (Wildman–Crippen MR) is 103 cm³/mol. The van der Waals surface area contributed by atoms with E-state index < -0.39 is 17.2 Å². The number of halogens is 1.